The number of nitrogens with zero attached hydrogens (tertiary/aromatic N) is 3. The summed E-state index contributed by atoms with van der Waals surface area (Å²) >= 11 is 0. The predicted molar refractivity (Wildman–Crippen MR) is 111 cm³/mol. The van der Waals surface area contributed by atoms with Gasteiger partial charge in [-0.2, -0.15) is 0 Å². The van der Waals surface area contributed by atoms with Gasteiger partial charge in [0.2, 0.25) is 5.91 Å². The number of amides is 1. The highest BCUT2D eigenvalue weighted by atomic mass is 19.1. The second-order valence-electron chi connectivity index (χ2n) is 8.08. The zero-order valence-corrected chi connectivity index (χ0v) is 16.6. The van der Waals surface area contributed by atoms with Crippen LogP contribution in [0.3, 0.4) is 0 Å². The Labute approximate surface area is 170 Å². The number of carbonyl (C=O) groups is 1. The van der Waals surface area contributed by atoms with Crippen LogP contribution in [0.15, 0.2) is 36.7 Å². The van der Waals surface area contributed by atoms with Crippen LogP contribution in [-0.2, 0) is 11.3 Å². The third-order valence-corrected chi connectivity index (χ3v) is 5.61. The topological polar surface area (TPSA) is 70.2 Å². The van der Waals surface area contributed by atoms with Crippen molar-refractivity contribution in [1.29, 1.82) is 0 Å². The number of anilines is 2. The average Bonchev–Trinajstić information content (AvgIpc) is 3.56. The van der Waals surface area contributed by atoms with E-state index in [1.54, 1.807) is 18.5 Å². The molecule has 29 heavy (non-hydrogen) atoms. The normalized spacial score (nSPS) is 19.1. The maximum atomic E-state index is 12.9. The van der Waals surface area contributed by atoms with E-state index >= 15 is 0 Å². The summed E-state index contributed by atoms with van der Waals surface area (Å²) < 4.78 is 12.9. The molecule has 7 heteroatoms. The molecule has 0 radical (unpaired) electrons. The molecule has 1 atom stereocenters. The van der Waals surface area contributed by atoms with Crippen molar-refractivity contribution in [1.82, 2.24) is 15.3 Å². The minimum atomic E-state index is -0.263. The highest BCUT2D eigenvalue weighted by Gasteiger charge is 2.24. The molecule has 6 nitrogen and oxygen atoms in total. The molecule has 4 rings (SSSR count). The summed E-state index contributed by atoms with van der Waals surface area (Å²) in [5.41, 5.74) is 0.906. The van der Waals surface area contributed by atoms with Gasteiger partial charge in [-0.3, -0.25) is 4.79 Å². The van der Waals surface area contributed by atoms with Crippen molar-refractivity contribution in [2.75, 3.05) is 23.3 Å². The summed E-state index contributed by atoms with van der Waals surface area (Å²) in [5.74, 6) is 2.13. The molecule has 0 bridgehead atoms. The largest absolute Gasteiger partial charge is 0.367 e. The van der Waals surface area contributed by atoms with E-state index in [1.807, 2.05) is 6.07 Å². The monoisotopic (exact) mass is 397 g/mol. The smallest absolute Gasteiger partial charge is 0.220 e. The van der Waals surface area contributed by atoms with Crippen LogP contribution in [-0.4, -0.2) is 35.0 Å². The predicted octanol–water partition coefficient (Wildman–Crippen LogP) is 3.50. The summed E-state index contributed by atoms with van der Waals surface area (Å²) in [7, 11) is 0. The Morgan fingerprint density at radius 3 is 2.79 bits per heavy atom. The summed E-state index contributed by atoms with van der Waals surface area (Å²) in [6.45, 7) is 2.35. The summed E-state index contributed by atoms with van der Waals surface area (Å²) in [6, 6.07) is 8.83. The van der Waals surface area contributed by atoms with E-state index in [0.29, 0.717) is 24.9 Å². The van der Waals surface area contributed by atoms with Crippen LogP contribution < -0.4 is 15.5 Å². The molecule has 154 valence electrons. The average molecular weight is 397 g/mol. The summed E-state index contributed by atoms with van der Waals surface area (Å²) in [6.07, 6.45) is 7.69. The molecule has 1 amide bonds. The van der Waals surface area contributed by atoms with Crippen LogP contribution in [0, 0.1) is 11.7 Å². The van der Waals surface area contributed by atoms with Gasteiger partial charge in [0.15, 0.2) is 0 Å². The van der Waals surface area contributed by atoms with Crippen LogP contribution in [0.2, 0.25) is 0 Å². The zero-order valence-electron chi connectivity index (χ0n) is 16.6. The highest BCUT2D eigenvalue weighted by molar-refractivity contribution is 5.75. The molecule has 1 aliphatic carbocycles. The van der Waals surface area contributed by atoms with Crippen LogP contribution in [0.5, 0.6) is 0 Å². The summed E-state index contributed by atoms with van der Waals surface area (Å²) in [4.78, 5) is 23.3. The Kier molecular flexibility index (Phi) is 6.22. The minimum absolute atomic E-state index is 0.0457. The van der Waals surface area contributed by atoms with Gasteiger partial charge >= 0.3 is 0 Å². The van der Waals surface area contributed by atoms with Crippen molar-refractivity contribution in [3.63, 3.8) is 0 Å². The fourth-order valence-corrected chi connectivity index (χ4v) is 3.77. The van der Waals surface area contributed by atoms with E-state index in [4.69, 9.17) is 0 Å². The fraction of sp³-hybridized carbons (Fsp3) is 0.500. The van der Waals surface area contributed by atoms with E-state index in [-0.39, 0.29) is 11.7 Å². The van der Waals surface area contributed by atoms with Crippen molar-refractivity contribution < 1.29 is 9.18 Å². The molecule has 2 aliphatic rings. The van der Waals surface area contributed by atoms with Crippen molar-refractivity contribution in [3.8, 4) is 0 Å². The lowest BCUT2D eigenvalue weighted by atomic mass is 9.93. The standard InChI is InChI=1S/C22H28FN5O/c23-18-6-3-16(4-7-18)13-24-22(29)10-5-17-2-1-11-28(14-17)21-12-20(25-15-26-21)27-19-8-9-19/h3-4,6-7,12,15,17,19H,1-2,5,8-11,13-14H2,(H,24,29)(H,25,26,27)/t17-/m0/s1. The molecule has 2 heterocycles. The molecule has 1 aromatic carbocycles. The van der Waals surface area contributed by atoms with E-state index < -0.39 is 0 Å². The zero-order chi connectivity index (χ0) is 20.1. The molecular weight excluding hydrogens is 369 g/mol. The van der Waals surface area contributed by atoms with Gasteiger partial charge in [-0.15, -0.1) is 0 Å². The first-order valence-corrected chi connectivity index (χ1v) is 10.5. The number of hydrogen-bond acceptors (Lipinski definition) is 5. The maximum absolute atomic E-state index is 12.9. The Morgan fingerprint density at radius 1 is 1.17 bits per heavy atom. The number of hydrogen-bond donors (Lipinski definition) is 2. The lowest BCUT2D eigenvalue weighted by molar-refractivity contribution is -0.121. The van der Waals surface area contributed by atoms with Gasteiger partial charge in [-0.25, -0.2) is 14.4 Å². The molecule has 1 aliphatic heterocycles. The van der Waals surface area contributed by atoms with Crippen LogP contribution in [0.4, 0.5) is 16.0 Å². The molecule has 1 saturated heterocycles. The van der Waals surface area contributed by atoms with E-state index in [9.17, 15) is 9.18 Å². The SMILES string of the molecule is O=C(CC[C@@H]1CCCN(c2cc(NC3CC3)ncn2)C1)NCc1ccc(F)cc1. The Morgan fingerprint density at radius 2 is 2.00 bits per heavy atom. The molecule has 0 spiro atoms. The van der Waals surface area contributed by atoms with Crippen LogP contribution in [0.25, 0.3) is 0 Å². The van der Waals surface area contributed by atoms with E-state index in [0.717, 1.165) is 49.6 Å². The number of halogens is 1. The van der Waals surface area contributed by atoms with E-state index in [1.165, 1.54) is 25.0 Å². The molecular formula is C22H28FN5O. The second-order valence-corrected chi connectivity index (χ2v) is 8.08. The van der Waals surface area contributed by atoms with E-state index in [2.05, 4.69) is 25.5 Å². The lowest BCUT2D eigenvalue weighted by Gasteiger charge is -2.33. The molecule has 1 aromatic heterocycles. The van der Waals surface area contributed by atoms with Crippen molar-refractivity contribution in [2.24, 2.45) is 5.92 Å². The van der Waals surface area contributed by atoms with Gasteiger partial charge < -0.3 is 15.5 Å². The third-order valence-electron chi connectivity index (χ3n) is 5.61. The number of rotatable bonds is 8. The van der Waals surface area contributed by atoms with Gasteiger partial charge in [-0.05, 0) is 55.7 Å². The van der Waals surface area contributed by atoms with Crippen molar-refractivity contribution in [2.45, 2.75) is 51.1 Å². The van der Waals surface area contributed by atoms with Crippen LogP contribution in [0.1, 0.15) is 44.1 Å². The number of piperidine rings is 1. The Hall–Kier alpha value is -2.70. The van der Waals surface area contributed by atoms with Gasteiger partial charge in [0, 0.05) is 38.2 Å². The minimum Gasteiger partial charge on any atom is -0.367 e. The number of carbonyl (C=O) groups excluding carboxylic acids is 1. The number of benzene rings is 1. The van der Waals surface area contributed by atoms with Gasteiger partial charge in [0.25, 0.3) is 0 Å². The van der Waals surface area contributed by atoms with Crippen molar-refractivity contribution in [3.05, 3.63) is 48.0 Å². The second kappa shape index (κ2) is 9.20. The third kappa shape index (κ3) is 5.89. The molecule has 2 fully saturated rings. The number of aromatic nitrogens is 2. The summed E-state index contributed by atoms with van der Waals surface area (Å²) in [5, 5.41) is 6.35. The molecule has 2 aromatic rings. The highest BCUT2D eigenvalue weighted by Crippen LogP contribution is 2.27. The Balaban J connectivity index is 1.23. The molecule has 1 saturated carbocycles. The number of nitrogens with one attached hydrogen (secondary N) is 2. The van der Waals surface area contributed by atoms with Crippen molar-refractivity contribution >= 4 is 17.5 Å². The fourth-order valence-electron chi connectivity index (χ4n) is 3.77. The first-order chi connectivity index (χ1) is 14.2. The molecule has 2 N–H and O–H groups in total. The van der Waals surface area contributed by atoms with Crippen LogP contribution >= 0.6 is 0 Å². The first kappa shape index (κ1) is 19.6. The quantitative estimate of drug-likeness (QED) is 0.713. The van der Waals surface area contributed by atoms with Gasteiger partial charge in [0.05, 0.1) is 0 Å². The first-order valence-electron chi connectivity index (χ1n) is 10.5. The van der Waals surface area contributed by atoms with Gasteiger partial charge in [-0.1, -0.05) is 12.1 Å². The van der Waals surface area contributed by atoms with Gasteiger partial charge in [0.1, 0.15) is 23.8 Å². The maximum Gasteiger partial charge on any atom is 0.220 e. The lowest BCUT2D eigenvalue weighted by Crippen LogP contribution is -2.36. The Bertz CT molecular complexity index is 824. The molecule has 0 unspecified atom stereocenters.